The van der Waals surface area contributed by atoms with Crippen molar-refractivity contribution in [3.05, 3.63) is 71.9 Å². The minimum absolute atomic E-state index is 0.0302. The third-order valence-electron chi connectivity index (χ3n) is 11.8. The summed E-state index contributed by atoms with van der Waals surface area (Å²) in [7, 11) is 0. The molecule has 22 N–H and O–H groups in total. The van der Waals surface area contributed by atoms with E-state index in [0.717, 1.165) is 10.9 Å². The topological polar surface area (TPSA) is 462 Å². The lowest BCUT2D eigenvalue weighted by Crippen LogP contribution is -2.63. The number of para-hydroxylation sites is 1. The Morgan fingerprint density at radius 2 is 1.05 bits per heavy atom. The first-order valence-electron chi connectivity index (χ1n) is 24.6. The maximum Gasteiger partial charge on any atom is 0.327 e. The largest absolute Gasteiger partial charge is 0.480 e. The van der Waals surface area contributed by atoms with Crippen LogP contribution in [0.25, 0.3) is 10.9 Å². The molecule has 0 saturated heterocycles. The van der Waals surface area contributed by atoms with Crippen LogP contribution in [0.3, 0.4) is 0 Å². The van der Waals surface area contributed by atoms with E-state index >= 15 is 0 Å². The standard InChI is InChI=1S/C48H73N17O10S2/c1-48(2,65-42(71)35(24-76)62-37(66)29(49)14-8-18-55-45(50)51)44(74)64-32(17-9-19-56-46(52)53)39(68)60-33(21-26-11-4-3-5-12-26)40(69)59-31(16-10-20-57-47(54)75)38(67)61-34(41(70)63-36(25-77)43(72)73)22-27-23-58-30-15-7-6-13-28(27)30/h3-7,11-13,15,23,29,31-36,58,76-77H,8-10,14,16-22,24-25,49H2,1-2H3,(H,59,69)(H,60,68)(H,61,67)(H,62,66)(H,63,70)(H,64,74)(H,65,71)(H,72,73)(H4,50,51,55)(H4,52,53,56)(H3,54,57,75)/t29-,31-,32-,33+,34-,35-,36-/m0/s1. The molecule has 0 saturated carbocycles. The van der Waals surface area contributed by atoms with Crippen molar-refractivity contribution in [3.63, 3.8) is 0 Å². The van der Waals surface area contributed by atoms with Gasteiger partial charge in [0.2, 0.25) is 41.4 Å². The van der Waals surface area contributed by atoms with Crippen LogP contribution in [0.4, 0.5) is 4.79 Å². The van der Waals surface area contributed by atoms with Gasteiger partial charge >= 0.3 is 12.0 Å². The first kappa shape index (κ1) is 63.5. The number of amides is 9. The molecule has 77 heavy (non-hydrogen) atoms. The van der Waals surface area contributed by atoms with E-state index in [1.54, 1.807) is 60.8 Å². The van der Waals surface area contributed by atoms with E-state index in [1.165, 1.54) is 13.8 Å². The van der Waals surface area contributed by atoms with Gasteiger partial charge in [0.15, 0.2) is 11.9 Å². The zero-order valence-electron chi connectivity index (χ0n) is 42.8. The van der Waals surface area contributed by atoms with Crippen LogP contribution in [0.15, 0.2) is 60.8 Å². The number of guanidine groups is 2. The van der Waals surface area contributed by atoms with Crippen molar-refractivity contribution < 1.29 is 48.3 Å². The Hall–Kier alpha value is -7.79. The number of carbonyl (C=O) groups excluding carboxylic acids is 8. The summed E-state index contributed by atoms with van der Waals surface area (Å²) in [5, 5.41) is 51.1. The van der Waals surface area contributed by atoms with Crippen LogP contribution in [0.1, 0.15) is 63.5 Å². The molecule has 27 nitrogen and oxygen atoms in total. The van der Waals surface area contributed by atoms with Crippen LogP contribution in [0, 0.1) is 10.8 Å². The molecule has 0 aliphatic carbocycles. The number of hydrogen-bond donors (Lipinski definition) is 20. The number of thiol groups is 2. The number of benzene rings is 2. The average Bonchev–Trinajstić information content (AvgIpc) is 3.79. The fraction of sp³-hybridized carbons (Fsp3) is 0.479. The van der Waals surface area contributed by atoms with Gasteiger partial charge in [-0.05, 0) is 69.6 Å². The van der Waals surface area contributed by atoms with Crippen LogP contribution in [-0.2, 0) is 51.2 Å². The maximum atomic E-state index is 14.6. The van der Waals surface area contributed by atoms with Crippen LogP contribution in [-0.4, -0.2) is 154 Å². The van der Waals surface area contributed by atoms with Gasteiger partial charge in [0.25, 0.3) is 0 Å². The number of fused-ring (bicyclic) bond motifs is 1. The molecular weight excluding hydrogens is 1040 g/mol. The molecule has 9 amide bonds. The SMILES string of the molecule is CC(C)(NC(=O)[C@H](CS)NC(=O)[C@@H](N)CCCNC(=N)N)C(=O)N[C@@H](CCCNC(=N)N)C(=O)N[C@H](Cc1ccccc1)C(=O)N[C@@H](CCCNC(N)=O)C(=O)N[C@@H](Cc1c[nH]c2ccccc12)C(=O)N[C@@H](CS)C(=O)O. The number of H-pyrrole nitrogens is 1. The number of aromatic nitrogens is 1. The normalized spacial score (nSPS) is 13.8. The van der Waals surface area contributed by atoms with Gasteiger partial charge in [0.1, 0.15) is 41.8 Å². The summed E-state index contributed by atoms with van der Waals surface area (Å²) in [5.41, 5.74) is 22.2. The van der Waals surface area contributed by atoms with Crippen molar-refractivity contribution in [3.8, 4) is 0 Å². The zero-order valence-corrected chi connectivity index (χ0v) is 44.6. The number of nitrogens with one attached hydrogen (secondary N) is 13. The third-order valence-corrected chi connectivity index (χ3v) is 12.5. The Morgan fingerprint density at radius 1 is 0.584 bits per heavy atom. The lowest BCUT2D eigenvalue weighted by Gasteiger charge is -2.31. The number of urea groups is 1. The lowest BCUT2D eigenvalue weighted by molar-refractivity contribution is -0.141. The third kappa shape index (κ3) is 22.1. The van der Waals surface area contributed by atoms with Crippen LogP contribution in [0.5, 0.6) is 0 Å². The van der Waals surface area contributed by atoms with Crippen molar-refractivity contribution in [1.29, 1.82) is 10.8 Å². The van der Waals surface area contributed by atoms with Gasteiger partial charge in [-0.2, -0.15) is 25.3 Å². The first-order valence-corrected chi connectivity index (χ1v) is 25.9. The number of rotatable bonds is 33. The number of carbonyl (C=O) groups is 9. The van der Waals surface area contributed by atoms with E-state index in [0.29, 0.717) is 17.5 Å². The van der Waals surface area contributed by atoms with Gasteiger partial charge in [-0.1, -0.05) is 48.5 Å². The summed E-state index contributed by atoms with van der Waals surface area (Å²) in [5.74, 6) is -8.27. The number of nitrogens with two attached hydrogens (primary N) is 4. The molecule has 3 aromatic rings. The molecule has 3 rings (SSSR count). The van der Waals surface area contributed by atoms with E-state index in [1.807, 2.05) is 0 Å². The molecule has 1 heterocycles. The lowest BCUT2D eigenvalue weighted by atomic mass is 10.0. The van der Waals surface area contributed by atoms with Gasteiger partial charge in [0.05, 0.1) is 6.04 Å². The monoisotopic (exact) mass is 1110 g/mol. The number of aliphatic carboxylic acids is 1. The molecule has 0 unspecified atom stereocenters. The van der Waals surface area contributed by atoms with E-state index in [2.05, 4.69) is 83.4 Å². The van der Waals surface area contributed by atoms with Gasteiger partial charge < -0.3 is 86.2 Å². The summed E-state index contributed by atoms with van der Waals surface area (Å²) >= 11 is 8.26. The zero-order chi connectivity index (χ0) is 57.2. The van der Waals surface area contributed by atoms with Crippen molar-refractivity contribution in [2.24, 2.45) is 22.9 Å². The fourth-order valence-corrected chi connectivity index (χ4v) is 8.09. The molecule has 422 valence electrons. The molecule has 0 bridgehead atoms. The van der Waals surface area contributed by atoms with E-state index < -0.39 is 101 Å². The Bertz CT molecular complexity index is 2530. The smallest absolute Gasteiger partial charge is 0.327 e. The molecular formula is C48H73N17O10S2. The fourth-order valence-electron chi connectivity index (χ4n) is 7.59. The molecule has 0 spiro atoms. The maximum absolute atomic E-state index is 14.6. The van der Waals surface area contributed by atoms with Crippen molar-refractivity contribution in [2.75, 3.05) is 31.1 Å². The van der Waals surface area contributed by atoms with E-state index in [4.69, 9.17) is 33.8 Å². The summed E-state index contributed by atoms with van der Waals surface area (Å²) in [4.78, 5) is 124. The average molecular weight is 1110 g/mol. The highest BCUT2D eigenvalue weighted by atomic mass is 32.1. The van der Waals surface area contributed by atoms with Crippen LogP contribution >= 0.6 is 25.3 Å². The highest BCUT2D eigenvalue weighted by Gasteiger charge is 2.37. The summed E-state index contributed by atoms with van der Waals surface area (Å²) < 4.78 is 0. The Labute approximate surface area is 456 Å². The highest BCUT2D eigenvalue weighted by molar-refractivity contribution is 7.80. The summed E-state index contributed by atoms with van der Waals surface area (Å²) in [6.45, 7) is 3.06. The van der Waals surface area contributed by atoms with Gasteiger partial charge in [0, 0.05) is 61.1 Å². The summed E-state index contributed by atoms with van der Waals surface area (Å²) in [6, 6.07) is 5.44. The predicted molar refractivity (Wildman–Crippen MR) is 294 cm³/mol. The van der Waals surface area contributed by atoms with Gasteiger partial charge in [-0.3, -0.25) is 44.4 Å². The first-order chi connectivity index (χ1) is 36.4. The van der Waals surface area contributed by atoms with Gasteiger partial charge in [-0.15, -0.1) is 0 Å². The number of carboxylic acid groups (broad SMARTS) is 1. The number of hydrogen-bond acceptors (Lipinski definition) is 14. The molecule has 0 radical (unpaired) electrons. The molecule has 29 heteroatoms. The molecule has 0 aliphatic heterocycles. The second-order valence-electron chi connectivity index (χ2n) is 18.4. The molecule has 7 atom stereocenters. The number of aromatic amines is 1. The Balaban J connectivity index is 1.94. The molecule has 0 aliphatic rings. The summed E-state index contributed by atoms with van der Waals surface area (Å²) in [6.07, 6.45) is 1.92. The van der Waals surface area contributed by atoms with Crippen LogP contribution < -0.4 is 76.1 Å². The Morgan fingerprint density at radius 3 is 1.60 bits per heavy atom. The van der Waals surface area contributed by atoms with Crippen molar-refractivity contribution in [2.45, 2.75) is 113 Å². The Kier molecular flexibility index (Phi) is 26.3. The second-order valence-corrected chi connectivity index (χ2v) is 19.1. The van der Waals surface area contributed by atoms with Crippen LogP contribution in [0.2, 0.25) is 0 Å². The second kappa shape index (κ2) is 31.9. The quantitative estimate of drug-likeness (QED) is 0.0125. The molecule has 0 fully saturated rings. The molecule has 1 aromatic heterocycles. The van der Waals surface area contributed by atoms with Crippen molar-refractivity contribution in [1.82, 2.24) is 58.2 Å². The minimum atomic E-state index is -1.74. The highest BCUT2D eigenvalue weighted by Crippen LogP contribution is 2.20. The predicted octanol–water partition coefficient (Wildman–Crippen LogP) is -3.00. The molecule has 2 aromatic carbocycles. The van der Waals surface area contributed by atoms with E-state index in [9.17, 15) is 48.3 Å². The number of primary amides is 1. The van der Waals surface area contributed by atoms with Crippen molar-refractivity contribution >= 4 is 101 Å². The van der Waals surface area contributed by atoms with E-state index in [-0.39, 0.29) is 88.0 Å². The number of carboxylic acids is 1. The minimum Gasteiger partial charge on any atom is -0.480 e. The van der Waals surface area contributed by atoms with Gasteiger partial charge in [-0.25, -0.2) is 9.59 Å².